The summed E-state index contributed by atoms with van der Waals surface area (Å²) >= 11 is 1.92. The molecule has 0 spiro atoms. The van der Waals surface area contributed by atoms with Crippen molar-refractivity contribution in [1.82, 2.24) is 9.62 Å². The fourth-order valence-electron chi connectivity index (χ4n) is 2.56. The molecule has 1 aliphatic heterocycles. The first kappa shape index (κ1) is 16.7. The number of sulfonamides is 1. The lowest BCUT2D eigenvalue weighted by Crippen LogP contribution is -2.39. The Morgan fingerprint density at radius 1 is 1.24 bits per heavy atom. The lowest BCUT2D eigenvalue weighted by atomic mass is 10.1. The Kier molecular flexibility index (Phi) is 5.65. The van der Waals surface area contributed by atoms with Crippen molar-refractivity contribution < 1.29 is 12.8 Å². The van der Waals surface area contributed by atoms with Crippen molar-refractivity contribution >= 4 is 21.8 Å². The molecule has 1 N–H and O–H groups in total. The molecule has 2 rings (SSSR count). The van der Waals surface area contributed by atoms with Gasteiger partial charge in [-0.05, 0) is 37.1 Å². The Morgan fingerprint density at radius 2 is 1.81 bits per heavy atom. The zero-order valence-corrected chi connectivity index (χ0v) is 14.0. The van der Waals surface area contributed by atoms with E-state index in [1.807, 2.05) is 11.8 Å². The maximum atomic E-state index is 13.3. The summed E-state index contributed by atoms with van der Waals surface area (Å²) in [7, 11) is -3.59. The average Bonchev–Trinajstić information content (AvgIpc) is 2.38. The molecule has 0 aliphatic carbocycles. The highest BCUT2D eigenvalue weighted by atomic mass is 32.2. The van der Waals surface area contributed by atoms with Crippen LogP contribution in [0.4, 0.5) is 4.39 Å². The van der Waals surface area contributed by atoms with Crippen molar-refractivity contribution in [1.29, 1.82) is 0 Å². The zero-order valence-electron chi connectivity index (χ0n) is 12.4. The van der Waals surface area contributed by atoms with Gasteiger partial charge in [-0.25, -0.2) is 17.5 Å². The number of hydrogen-bond acceptors (Lipinski definition) is 4. The second kappa shape index (κ2) is 7.09. The molecule has 0 unspecified atom stereocenters. The quantitative estimate of drug-likeness (QED) is 0.893. The van der Waals surface area contributed by atoms with E-state index >= 15 is 0 Å². The highest BCUT2D eigenvalue weighted by molar-refractivity contribution is 7.99. The van der Waals surface area contributed by atoms with Gasteiger partial charge in [-0.2, -0.15) is 11.8 Å². The van der Waals surface area contributed by atoms with Crippen molar-refractivity contribution in [3.63, 3.8) is 0 Å². The SMILES string of the molecule is Cc1cc(F)cc(C)c1S(=O)(=O)NCCN1CCSCC1. The average molecular weight is 332 g/mol. The third-order valence-electron chi connectivity index (χ3n) is 3.52. The minimum atomic E-state index is -3.59. The molecule has 21 heavy (non-hydrogen) atoms. The molecule has 0 bridgehead atoms. The molecular formula is C14H21FN2O2S2. The van der Waals surface area contributed by atoms with Gasteiger partial charge in [0.1, 0.15) is 5.82 Å². The van der Waals surface area contributed by atoms with E-state index in [2.05, 4.69) is 9.62 Å². The monoisotopic (exact) mass is 332 g/mol. The summed E-state index contributed by atoms with van der Waals surface area (Å²) in [6.07, 6.45) is 0. The van der Waals surface area contributed by atoms with Gasteiger partial charge in [-0.1, -0.05) is 0 Å². The highest BCUT2D eigenvalue weighted by Crippen LogP contribution is 2.21. The van der Waals surface area contributed by atoms with Crippen LogP contribution in [0.2, 0.25) is 0 Å². The summed E-state index contributed by atoms with van der Waals surface area (Å²) in [5, 5.41) is 0. The predicted octanol–water partition coefficient (Wildman–Crippen LogP) is 1.77. The molecule has 0 saturated carbocycles. The van der Waals surface area contributed by atoms with Crippen LogP contribution in [0, 0.1) is 19.7 Å². The Labute approximate surface area is 130 Å². The molecule has 118 valence electrons. The van der Waals surface area contributed by atoms with E-state index in [9.17, 15) is 12.8 Å². The van der Waals surface area contributed by atoms with Gasteiger partial charge in [0.05, 0.1) is 4.90 Å². The van der Waals surface area contributed by atoms with E-state index in [1.165, 1.54) is 12.1 Å². The number of nitrogens with zero attached hydrogens (tertiary/aromatic N) is 1. The van der Waals surface area contributed by atoms with E-state index in [0.717, 1.165) is 24.6 Å². The van der Waals surface area contributed by atoms with Crippen LogP contribution >= 0.6 is 11.8 Å². The van der Waals surface area contributed by atoms with Gasteiger partial charge >= 0.3 is 0 Å². The topological polar surface area (TPSA) is 49.4 Å². The standard InChI is InChI=1S/C14H21FN2O2S2/c1-11-9-13(15)10-12(2)14(11)21(18,19)16-3-4-17-5-7-20-8-6-17/h9-10,16H,3-8H2,1-2H3. The summed E-state index contributed by atoms with van der Waals surface area (Å²) in [6.45, 7) is 6.32. The fraction of sp³-hybridized carbons (Fsp3) is 0.571. The zero-order chi connectivity index (χ0) is 15.5. The third-order valence-corrected chi connectivity index (χ3v) is 6.23. The Bertz CT molecular complexity index is 576. The molecule has 0 aromatic heterocycles. The maximum Gasteiger partial charge on any atom is 0.241 e. The van der Waals surface area contributed by atoms with Gasteiger partial charge in [0.15, 0.2) is 0 Å². The molecule has 1 aliphatic rings. The molecule has 4 nitrogen and oxygen atoms in total. The van der Waals surface area contributed by atoms with Crippen LogP contribution in [0.15, 0.2) is 17.0 Å². The second-order valence-corrected chi connectivity index (χ2v) is 8.15. The van der Waals surface area contributed by atoms with Crippen LogP contribution in [0.25, 0.3) is 0 Å². The summed E-state index contributed by atoms with van der Waals surface area (Å²) in [5.74, 6) is 1.79. The molecule has 1 aromatic carbocycles. The number of nitrogens with one attached hydrogen (secondary N) is 1. The van der Waals surface area contributed by atoms with E-state index in [0.29, 0.717) is 24.2 Å². The van der Waals surface area contributed by atoms with E-state index in [1.54, 1.807) is 13.8 Å². The van der Waals surface area contributed by atoms with Crippen molar-refractivity contribution in [2.75, 3.05) is 37.7 Å². The minimum absolute atomic E-state index is 0.193. The van der Waals surface area contributed by atoms with Crippen LogP contribution in [0.5, 0.6) is 0 Å². The van der Waals surface area contributed by atoms with Gasteiger partial charge in [0.25, 0.3) is 0 Å². The Balaban J connectivity index is 2.01. The molecule has 0 radical (unpaired) electrons. The van der Waals surface area contributed by atoms with Crippen molar-refractivity contribution in [2.24, 2.45) is 0 Å². The largest absolute Gasteiger partial charge is 0.300 e. The summed E-state index contributed by atoms with van der Waals surface area (Å²) in [5.41, 5.74) is 0.878. The molecule has 1 fully saturated rings. The molecular weight excluding hydrogens is 311 g/mol. The van der Waals surface area contributed by atoms with E-state index in [4.69, 9.17) is 0 Å². The molecule has 0 atom stereocenters. The number of aryl methyl sites for hydroxylation is 2. The van der Waals surface area contributed by atoms with E-state index in [-0.39, 0.29) is 4.90 Å². The van der Waals surface area contributed by atoms with Crippen LogP contribution < -0.4 is 4.72 Å². The van der Waals surface area contributed by atoms with Crippen molar-refractivity contribution in [2.45, 2.75) is 18.7 Å². The van der Waals surface area contributed by atoms with Gasteiger partial charge in [0.2, 0.25) is 10.0 Å². The van der Waals surface area contributed by atoms with Crippen LogP contribution in [0.3, 0.4) is 0 Å². The molecule has 1 aromatic rings. The lowest BCUT2D eigenvalue weighted by molar-refractivity contribution is 0.307. The fourth-order valence-corrected chi connectivity index (χ4v) is 5.01. The summed E-state index contributed by atoms with van der Waals surface area (Å²) in [4.78, 5) is 2.45. The number of rotatable bonds is 5. The molecule has 0 amide bonds. The maximum absolute atomic E-state index is 13.3. The predicted molar refractivity (Wildman–Crippen MR) is 84.8 cm³/mol. The molecule has 7 heteroatoms. The van der Waals surface area contributed by atoms with Gasteiger partial charge in [-0.3, -0.25) is 0 Å². The number of thioether (sulfide) groups is 1. The third kappa shape index (κ3) is 4.42. The van der Waals surface area contributed by atoms with Gasteiger partial charge < -0.3 is 4.90 Å². The number of halogens is 1. The smallest absolute Gasteiger partial charge is 0.241 e. The Morgan fingerprint density at radius 3 is 2.38 bits per heavy atom. The first-order valence-corrected chi connectivity index (χ1v) is 9.60. The summed E-state index contributed by atoms with van der Waals surface area (Å²) < 4.78 is 40.6. The molecule has 1 heterocycles. The number of benzene rings is 1. The number of hydrogen-bond donors (Lipinski definition) is 1. The molecule has 1 saturated heterocycles. The first-order valence-electron chi connectivity index (χ1n) is 6.96. The normalized spacial score (nSPS) is 17.1. The van der Waals surface area contributed by atoms with Gasteiger partial charge in [0, 0.05) is 37.7 Å². The summed E-state index contributed by atoms with van der Waals surface area (Å²) in [6, 6.07) is 2.51. The van der Waals surface area contributed by atoms with Gasteiger partial charge in [-0.15, -0.1) is 0 Å². The van der Waals surface area contributed by atoms with E-state index < -0.39 is 15.8 Å². The Hall–Kier alpha value is -0.630. The van der Waals surface area contributed by atoms with Crippen LogP contribution in [-0.2, 0) is 10.0 Å². The highest BCUT2D eigenvalue weighted by Gasteiger charge is 2.20. The van der Waals surface area contributed by atoms with Crippen molar-refractivity contribution in [3.8, 4) is 0 Å². The van der Waals surface area contributed by atoms with Crippen molar-refractivity contribution in [3.05, 3.63) is 29.1 Å². The van der Waals surface area contributed by atoms with Crippen LogP contribution in [-0.4, -0.2) is 51.0 Å². The van der Waals surface area contributed by atoms with Crippen LogP contribution in [0.1, 0.15) is 11.1 Å². The second-order valence-electron chi connectivity index (χ2n) is 5.22. The minimum Gasteiger partial charge on any atom is -0.300 e. The lowest BCUT2D eigenvalue weighted by Gasteiger charge is -2.26. The first-order chi connectivity index (χ1) is 9.90.